The highest BCUT2D eigenvalue weighted by atomic mass is 16.5. The van der Waals surface area contributed by atoms with Crippen molar-refractivity contribution < 1.29 is 9.47 Å². The minimum atomic E-state index is 0.425. The van der Waals surface area contributed by atoms with Crippen molar-refractivity contribution in [1.82, 2.24) is 4.90 Å². The van der Waals surface area contributed by atoms with Gasteiger partial charge in [-0.15, -0.1) is 0 Å². The Morgan fingerprint density at radius 2 is 2.24 bits per heavy atom. The molecule has 0 amide bonds. The highest BCUT2D eigenvalue weighted by Gasteiger charge is 2.33. The Bertz CT molecular complexity index is 510. The lowest BCUT2D eigenvalue weighted by molar-refractivity contribution is -0.0901. The number of benzene rings is 1. The Morgan fingerprint density at radius 1 is 1.33 bits per heavy atom. The highest BCUT2D eigenvalue weighted by molar-refractivity contribution is 5.36. The van der Waals surface area contributed by atoms with Crippen LogP contribution in [0, 0.1) is 11.3 Å². The smallest absolute Gasteiger partial charge is 0.120 e. The zero-order chi connectivity index (χ0) is 14.5. The highest BCUT2D eigenvalue weighted by Crippen LogP contribution is 2.28. The number of hydrogen-bond donors (Lipinski definition) is 0. The monoisotopic (exact) mass is 286 g/mol. The van der Waals surface area contributed by atoms with Gasteiger partial charge in [0.2, 0.25) is 0 Å². The molecule has 0 radical (unpaired) electrons. The van der Waals surface area contributed by atoms with Crippen LogP contribution in [-0.4, -0.2) is 43.3 Å². The summed E-state index contributed by atoms with van der Waals surface area (Å²) in [5, 5.41) is 8.89. The van der Waals surface area contributed by atoms with E-state index in [0.717, 1.165) is 25.4 Å². The van der Waals surface area contributed by atoms with Gasteiger partial charge in [0.15, 0.2) is 0 Å². The summed E-state index contributed by atoms with van der Waals surface area (Å²) in [7, 11) is 0. The van der Waals surface area contributed by atoms with Gasteiger partial charge in [-0.3, -0.25) is 4.90 Å². The van der Waals surface area contributed by atoms with Crippen LogP contribution in [0.4, 0.5) is 0 Å². The second kappa shape index (κ2) is 6.93. The van der Waals surface area contributed by atoms with Crippen LogP contribution in [0.5, 0.6) is 5.75 Å². The van der Waals surface area contributed by atoms with Gasteiger partial charge in [0.25, 0.3) is 0 Å². The largest absolute Gasteiger partial charge is 0.492 e. The normalized spacial score (nSPS) is 25.9. The molecule has 1 saturated carbocycles. The molecule has 2 fully saturated rings. The Labute approximate surface area is 126 Å². The Kier molecular flexibility index (Phi) is 4.74. The van der Waals surface area contributed by atoms with Crippen molar-refractivity contribution in [2.24, 2.45) is 0 Å². The van der Waals surface area contributed by atoms with Crippen LogP contribution in [0.1, 0.15) is 31.2 Å². The third-order valence-electron chi connectivity index (χ3n) is 4.46. The van der Waals surface area contributed by atoms with Gasteiger partial charge in [0.05, 0.1) is 24.3 Å². The number of fused-ring (bicyclic) bond motifs is 1. The van der Waals surface area contributed by atoms with Gasteiger partial charge in [-0.2, -0.15) is 5.26 Å². The minimum Gasteiger partial charge on any atom is -0.492 e. The molecule has 4 heteroatoms. The third kappa shape index (κ3) is 3.55. The lowest BCUT2D eigenvalue weighted by Crippen LogP contribution is -2.53. The number of nitrogens with zero attached hydrogens (tertiary/aromatic N) is 2. The summed E-state index contributed by atoms with van der Waals surface area (Å²) in [6.07, 6.45) is 5.48. The summed E-state index contributed by atoms with van der Waals surface area (Å²) < 4.78 is 11.7. The molecule has 21 heavy (non-hydrogen) atoms. The number of morpholine rings is 1. The summed E-state index contributed by atoms with van der Waals surface area (Å²) in [5.41, 5.74) is 0.645. The van der Waals surface area contributed by atoms with Crippen LogP contribution in [0.3, 0.4) is 0 Å². The molecule has 0 N–H and O–H groups in total. The van der Waals surface area contributed by atoms with Crippen molar-refractivity contribution in [3.63, 3.8) is 0 Å². The lowest BCUT2D eigenvalue weighted by Gasteiger charge is -2.43. The molecule has 2 aliphatic rings. The first kappa shape index (κ1) is 14.4. The average molecular weight is 286 g/mol. The van der Waals surface area contributed by atoms with Crippen LogP contribution in [0.25, 0.3) is 0 Å². The van der Waals surface area contributed by atoms with Crippen molar-refractivity contribution in [3.05, 3.63) is 29.8 Å². The van der Waals surface area contributed by atoms with E-state index in [9.17, 15) is 0 Å². The molecule has 112 valence electrons. The maximum atomic E-state index is 8.89. The molecule has 3 rings (SSSR count). The van der Waals surface area contributed by atoms with E-state index < -0.39 is 0 Å². The number of rotatable bonds is 4. The fourth-order valence-electron chi connectivity index (χ4n) is 3.39. The molecule has 0 bridgehead atoms. The van der Waals surface area contributed by atoms with Crippen LogP contribution in [0.2, 0.25) is 0 Å². The van der Waals surface area contributed by atoms with Crippen molar-refractivity contribution in [2.45, 2.75) is 37.8 Å². The van der Waals surface area contributed by atoms with E-state index in [4.69, 9.17) is 14.7 Å². The van der Waals surface area contributed by atoms with Crippen LogP contribution in [-0.2, 0) is 4.74 Å². The van der Waals surface area contributed by atoms with Crippen molar-refractivity contribution in [2.75, 3.05) is 26.3 Å². The van der Waals surface area contributed by atoms with Crippen molar-refractivity contribution in [3.8, 4) is 11.8 Å². The first-order valence-corrected chi connectivity index (χ1v) is 7.85. The van der Waals surface area contributed by atoms with Gasteiger partial charge >= 0.3 is 0 Å². The van der Waals surface area contributed by atoms with Gasteiger partial charge in [-0.1, -0.05) is 18.9 Å². The Hall–Kier alpha value is -1.57. The van der Waals surface area contributed by atoms with E-state index in [1.165, 1.54) is 25.7 Å². The third-order valence-corrected chi connectivity index (χ3v) is 4.46. The van der Waals surface area contributed by atoms with E-state index in [1.54, 1.807) is 12.1 Å². The average Bonchev–Trinajstić information content (AvgIpc) is 2.55. The zero-order valence-corrected chi connectivity index (χ0v) is 12.3. The topological polar surface area (TPSA) is 45.5 Å². The van der Waals surface area contributed by atoms with Gasteiger partial charge in [-0.25, -0.2) is 0 Å². The first-order valence-electron chi connectivity index (χ1n) is 7.85. The standard InChI is InChI=1S/C17H22N2O2/c18-13-14-4-3-5-15(12-14)20-10-8-19-9-11-21-17-7-2-1-6-16(17)19/h3-5,12,16-17H,1-2,6-11H2. The second-order valence-electron chi connectivity index (χ2n) is 5.79. The van der Waals surface area contributed by atoms with Crippen LogP contribution in [0.15, 0.2) is 24.3 Å². The Morgan fingerprint density at radius 3 is 3.14 bits per heavy atom. The van der Waals surface area contributed by atoms with Crippen molar-refractivity contribution in [1.29, 1.82) is 5.26 Å². The first-order chi connectivity index (χ1) is 10.4. The fraction of sp³-hybridized carbons (Fsp3) is 0.588. The summed E-state index contributed by atoms with van der Waals surface area (Å²) in [6.45, 7) is 3.44. The second-order valence-corrected chi connectivity index (χ2v) is 5.79. The molecule has 2 unspecified atom stereocenters. The molecule has 2 atom stereocenters. The quantitative estimate of drug-likeness (QED) is 0.853. The van der Waals surface area contributed by atoms with Gasteiger partial charge < -0.3 is 9.47 Å². The SMILES string of the molecule is N#Cc1cccc(OCCN2CCOC3CCCCC32)c1. The van der Waals surface area contributed by atoms with Gasteiger partial charge in [0.1, 0.15) is 12.4 Å². The molecule has 0 aromatic heterocycles. The maximum Gasteiger partial charge on any atom is 0.120 e. The number of nitriles is 1. The summed E-state index contributed by atoms with van der Waals surface area (Å²) >= 11 is 0. The van der Waals surface area contributed by atoms with Crippen LogP contribution >= 0.6 is 0 Å². The summed E-state index contributed by atoms with van der Waals surface area (Å²) in [4.78, 5) is 2.52. The lowest BCUT2D eigenvalue weighted by atomic mass is 9.90. The van der Waals surface area contributed by atoms with E-state index >= 15 is 0 Å². The molecule has 1 heterocycles. The Balaban J connectivity index is 1.51. The molecule has 1 aromatic carbocycles. The molecular weight excluding hydrogens is 264 g/mol. The number of hydrogen-bond acceptors (Lipinski definition) is 4. The van der Waals surface area contributed by atoms with Crippen molar-refractivity contribution >= 4 is 0 Å². The van der Waals surface area contributed by atoms with Gasteiger partial charge in [0, 0.05) is 19.1 Å². The molecule has 1 aliphatic carbocycles. The van der Waals surface area contributed by atoms with E-state index in [-0.39, 0.29) is 0 Å². The predicted octanol–water partition coefficient (Wildman–Crippen LogP) is 2.58. The molecule has 1 aromatic rings. The predicted molar refractivity (Wildman–Crippen MR) is 80.2 cm³/mol. The summed E-state index contributed by atoms with van der Waals surface area (Å²) in [5.74, 6) is 0.780. The maximum absolute atomic E-state index is 8.89. The molecule has 0 spiro atoms. The molecular formula is C17H22N2O2. The molecule has 4 nitrogen and oxygen atoms in total. The van der Waals surface area contributed by atoms with E-state index in [0.29, 0.717) is 24.3 Å². The fourth-order valence-corrected chi connectivity index (χ4v) is 3.39. The minimum absolute atomic E-state index is 0.425. The van der Waals surface area contributed by atoms with E-state index in [1.807, 2.05) is 12.1 Å². The zero-order valence-electron chi connectivity index (χ0n) is 12.3. The number of ether oxygens (including phenoxy) is 2. The van der Waals surface area contributed by atoms with Gasteiger partial charge in [-0.05, 0) is 31.0 Å². The summed E-state index contributed by atoms with van der Waals surface area (Å²) in [6, 6.07) is 10.1. The van der Waals surface area contributed by atoms with Crippen LogP contribution < -0.4 is 4.74 Å². The molecule has 1 saturated heterocycles. The van der Waals surface area contributed by atoms with E-state index in [2.05, 4.69) is 11.0 Å². The molecule has 1 aliphatic heterocycles.